The number of hydrogen-bond acceptors (Lipinski definition) is 4. The summed E-state index contributed by atoms with van der Waals surface area (Å²) in [5.74, 6) is -0.560. The van der Waals surface area contributed by atoms with Gasteiger partial charge in [0.05, 0.1) is 21.6 Å². The van der Waals surface area contributed by atoms with Crippen LogP contribution in [0.25, 0.3) is 10.6 Å². The second-order valence-corrected chi connectivity index (χ2v) is 5.50. The quantitative estimate of drug-likeness (QED) is 0.804. The SMILES string of the molecule is O=C(NCc1cccc(F)c1)c1ccc(-c2cncs2)nc1. The molecule has 110 valence electrons. The lowest BCUT2D eigenvalue weighted by molar-refractivity contribution is 0.0950. The normalized spacial score (nSPS) is 10.4. The first-order valence-electron chi connectivity index (χ1n) is 6.60. The summed E-state index contributed by atoms with van der Waals surface area (Å²) < 4.78 is 13.1. The molecule has 2 heterocycles. The third-order valence-electron chi connectivity index (χ3n) is 3.05. The van der Waals surface area contributed by atoms with E-state index in [1.165, 1.54) is 29.7 Å². The van der Waals surface area contributed by atoms with E-state index >= 15 is 0 Å². The zero-order valence-corrected chi connectivity index (χ0v) is 12.3. The van der Waals surface area contributed by atoms with Gasteiger partial charge in [0.25, 0.3) is 5.91 Å². The molecule has 0 aliphatic carbocycles. The summed E-state index contributed by atoms with van der Waals surface area (Å²) >= 11 is 1.49. The van der Waals surface area contributed by atoms with Gasteiger partial charge in [0.2, 0.25) is 0 Å². The summed E-state index contributed by atoms with van der Waals surface area (Å²) in [7, 11) is 0. The zero-order chi connectivity index (χ0) is 15.4. The molecule has 2 aromatic heterocycles. The molecule has 0 aliphatic rings. The highest BCUT2D eigenvalue weighted by Gasteiger charge is 2.07. The van der Waals surface area contributed by atoms with Crippen LogP contribution >= 0.6 is 11.3 Å². The zero-order valence-electron chi connectivity index (χ0n) is 11.5. The molecule has 0 bridgehead atoms. The van der Waals surface area contributed by atoms with Crippen molar-refractivity contribution in [1.29, 1.82) is 0 Å². The Balaban J connectivity index is 1.65. The van der Waals surface area contributed by atoms with Crippen molar-refractivity contribution in [3.8, 4) is 10.6 Å². The third kappa shape index (κ3) is 3.35. The lowest BCUT2D eigenvalue weighted by Crippen LogP contribution is -2.22. The molecule has 0 unspecified atom stereocenters. The monoisotopic (exact) mass is 313 g/mol. The van der Waals surface area contributed by atoms with Crippen LogP contribution in [0, 0.1) is 5.82 Å². The molecular formula is C16H12FN3OS. The van der Waals surface area contributed by atoms with Gasteiger partial charge in [-0.05, 0) is 29.8 Å². The van der Waals surface area contributed by atoms with E-state index in [-0.39, 0.29) is 18.3 Å². The topological polar surface area (TPSA) is 54.9 Å². The number of rotatable bonds is 4. The van der Waals surface area contributed by atoms with Crippen LogP contribution in [0.15, 0.2) is 54.3 Å². The number of hydrogen-bond donors (Lipinski definition) is 1. The first-order chi connectivity index (χ1) is 10.7. The molecular weight excluding hydrogens is 301 g/mol. The van der Waals surface area contributed by atoms with Crippen molar-refractivity contribution in [2.75, 3.05) is 0 Å². The predicted molar refractivity (Wildman–Crippen MR) is 82.9 cm³/mol. The number of nitrogens with zero attached hydrogens (tertiary/aromatic N) is 2. The van der Waals surface area contributed by atoms with E-state index in [9.17, 15) is 9.18 Å². The number of carbonyl (C=O) groups excluding carboxylic acids is 1. The van der Waals surface area contributed by atoms with Crippen LogP contribution < -0.4 is 5.32 Å². The number of pyridine rings is 1. The van der Waals surface area contributed by atoms with Crippen LogP contribution in [0.4, 0.5) is 4.39 Å². The van der Waals surface area contributed by atoms with Gasteiger partial charge in [-0.3, -0.25) is 14.8 Å². The molecule has 1 amide bonds. The molecule has 1 aromatic carbocycles. The number of thiazole rings is 1. The fourth-order valence-corrected chi connectivity index (χ4v) is 2.55. The van der Waals surface area contributed by atoms with Crippen molar-refractivity contribution >= 4 is 17.2 Å². The maximum atomic E-state index is 13.1. The Morgan fingerprint density at radius 2 is 2.14 bits per heavy atom. The molecule has 0 atom stereocenters. The standard InChI is InChI=1S/C16H12FN3OS/c17-13-3-1-2-11(6-13)7-20-16(21)12-4-5-14(19-8-12)15-9-18-10-22-15/h1-6,8-10H,7H2,(H,20,21). The lowest BCUT2D eigenvalue weighted by Gasteiger charge is -2.06. The van der Waals surface area contributed by atoms with Gasteiger partial charge >= 0.3 is 0 Å². The van der Waals surface area contributed by atoms with Gasteiger partial charge in [-0.2, -0.15) is 0 Å². The molecule has 0 aliphatic heterocycles. The van der Waals surface area contributed by atoms with Gasteiger partial charge in [0.15, 0.2) is 0 Å². The highest BCUT2D eigenvalue weighted by Crippen LogP contribution is 2.20. The molecule has 4 nitrogen and oxygen atoms in total. The average molecular weight is 313 g/mol. The van der Waals surface area contributed by atoms with Gasteiger partial charge in [-0.15, -0.1) is 11.3 Å². The van der Waals surface area contributed by atoms with E-state index in [1.54, 1.807) is 36.0 Å². The number of aromatic nitrogens is 2. The van der Waals surface area contributed by atoms with E-state index in [1.807, 2.05) is 0 Å². The highest BCUT2D eigenvalue weighted by atomic mass is 32.1. The predicted octanol–water partition coefficient (Wildman–Crippen LogP) is 3.27. The van der Waals surface area contributed by atoms with Gasteiger partial charge in [-0.25, -0.2) is 4.39 Å². The minimum Gasteiger partial charge on any atom is -0.348 e. The summed E-state index contributed by atoms with van der Waals surface area (Å²) in [5.41, 5.74) is 3.69. The van der Waals surface area contributed by atoms with Crippen LogP contribution in [-0.4, -0.2) is 15.9 Å². The average Bonchev–Trinajstić information content (AvgIpc) is 3.07. The summed E-state index contributed by atoms with van der Waals surface area (Å²) in [4.78, 5) is 21.3. The Morgan fingerprint density at radius 3 is 2.82 bits per heavy atom. The third-order valence-corrected chi connectivity index (χ3v) is 3.85. The fourth-order valence-electron chi connectivity index (χ4n) is 1.95. The van der Waals surface area contributed by atoms with Crippen molar-refractivity contribution < 1.29 is 9.18 Å². The van der Waals surface area contributed by atoms with Gasteiger partial charge in [0, 0.05) is 18.9 Å². The molecule has 6 heteroatoms. The number of carbonyl (C=O) groups is 1. The highest BCUT2D eigenvalue weighted by molar-refractivity contribution is 7.13. The Hall–Kier alpha value is -2.60. The molecule has 3 aromatic rings. The summed E-state index contributed by atoms with van der Waals surface area (Å²) in [6.07, 6.45) is 3.26. The van der Waals surface area contributed by atoms with Crippen molar-refractivity contribution in [3.63, 3.8) is 0 Å². The van der Waals surface area contributed by atoms with Crippen LogP contribution in [-0.2, 0) is 6.54 Å². The second-order valence-electron chi connectivity index (χ2n) is 4.61. The minimum atomic E-state index is -0.317. The fraction of sp³-hybridized carbons (Fsp3) is 0.0625. The maximum absolute atomic E-state index is 13.1. The molecule has 0 fully saturated rings. The molecule has 0 saturated heterocycles. The van der Waals surface area contributed by atoms with E-state index in [0.29, 0.717) is 11.1 Å². The number of benzene rings is 1. The maximum Gasteiger partial charge on any atom is 0.253 e. The van der Waals surface area contributed by atoms with E-state index in [2.05, 4.69) is 15.3 Å². The Morgan fingerprint density at radius 1 is 1.23 bits per heavy atom. The Labute approximate surface area is 130 Å². The second kappa shape index (κ2) is 6.44. The van der Waals surface area contributed by atoms with E-state index < -0.39 is 0 Å². The minimum absolute atomic E-state index is 0.243. The van der Waals surface area contributed by atoms with E-state index in [4.69, 9.17) is 0 Å². The number of nitrogens with one attached hydrogen (secondary N) is 1. The molecule has 3 rings (SSSR count). The van der Waals surface area contributed by atoms with Crippen molar-refractivity contribution in [2.24, 2.45) is 0 Å². The largest absolute Gasteiger partial charge is 0.348 e. The Kier molecular flexibility index (Phi) is 4.20. The van der Waals surface area contributed by atoms with Crippen LogP contribution in [0.3, 0.4) is 0 Å². The van der Waals surface area contributed by atoms with Crippen LogP contribution in [0.5, 0.6) is 0 Å². The van der Waals surface area contributed by atoms with Crippen molar-refractivity contribution in [2.45, 2.75) is 6.54 Å². The summed E-state index contributed by atoms with van der Waals surface area (Å²) in [6, 6.07) is 9.63. The van der Waals surface area contributed by atoms with Gasteiger partial charge < -0.3 is 5.32 Å². The number of halogens is 1. The van der Waals surface area contributed by atoms with Gasteiger partial charge in [-0.1, -0.05) is 12.1 Å². The molecule has 0 spiro atoms. The van der Waals surface area contributed by atoms with E-state index in [0.717, 1.165) is 10.6 Å². The smallest absolute Gasteiger partial charge is 0.253 e. The summed E-state index contributed by atoms with van der Waals surface area (Å²) in [5, 5.41) is 2.74. The number of amides is 1. The lowest BCUT2D eigenvalue weighted by atomic mass is 10.2. The summed E-state index contributed by atoms with van der Waals surface area (Å²) in [6.45, 7) is 0.271. The molecule has 1 N–H and O–H groups in total. The first-order valence-corrected chi connectivity index (χ1v) is 7.48. The molecule has 0 saturated carbocycles. The molecule has 0 radical (unpaired) electrons. The van der Waals surface area contributed by atoms with Crippen molar-refractivity contribution in [1.82, 2.24) is 15.3 Å². The Bertz CT molecular complexity index is 772. The van der Waals surface area contributed by atoms with Gasteiger partial charge in [0.1, 0.15) is 5.82 Å². The van der Waals surface area contributed by atoms with Crippen LogP contribution in [0.1, 0.15) is 15.9 Å². The first kappa shape index (κ1) is 14.3. The molecule has 22 heavy (non-hydrogen) atoms. The van der Waals surface area contributed by atoms with Crippen molar-refractivity contribution in [3.05, 3.63) is 71.2 Å². The van der Waals surface area contributed by atoms with Crippen LogP contribution in [0.2, 0.25) is 0 Å².